The summed E-state index contributed by atoms with van der Waals surface area (Å²) in [5, 5.41) is 0. The van der Waals surface area contributed by atoms with Crippen LogP contribution in [0.5, 0.6) is 0 Å². The average molecular weight is 202 g/mol. The number of nitrogens with two attached hydrogens (primary N) is 1. The third kappa shape index (κ3) is 2.41. The van der Waals surface area contributed by atoms with Gasteiger partial charge in [0, 0.05) is 18.8 Å². The van der Waals surface area contributed by atoms with Crippen molar-refractivity contribution in [3.8, 4) is 11.4 Å². The molecule has 0 aromatic carbocycles. The molecule has 0 saturated carbocycles. The molecule has 0 aliphatic rings. The molecule has 3 N–H and O–H groups in total. The summed E-state index contributed by atoms with van der Waals surface area (Å²) < 4.78 is 0. The van der Waals surface area contributed by atoms with Crippen LogP contribution in [0.4, 0.5) is 0 Å². The fraction of sp³-hybridized carbons (Fsp3) is 0.273. The fourth-order valence-corrected chi connectivity index (χ4v) is 1.42. The molecule has 4 nitrogen and oxygen atoms in total. The van der Waals surface area contributed by atoms with Gasteiger partial charge in [0.25, 0.3) is 0 Å². The summed E-state index contributed by atoms with van der Waals surface area (Å²) in [4.78, 5) is 11.8. The summed E-state index contributed by atoms with van der Waals surface area (Å²) in [6, 6.07) is 5.85. The van der Waals surface area contributed by atoms with E-state index >= 15 is 0 Å². The average Bonchev–Trinajstić information content (AvgIpc) is 2.80. The molecule has 2 heterocycles. The van der Waals surface area contributed by atoms with E-state index in [0.29, 0.717) is 6.54 Å². The normalized spacial score (nSPS) is 10.5. The molecule has 0 spiro atoms. The first-order valence-corrected chi connectivity index (χ1v) is 5.06. The summed E-state index contributed by atoms with van der Waals surface area (Å²) in [6.45, 7) is 0.677. The Labute approximate surface area is 88.6 Å². The standard InChI is InChI=1S/C11H14N4/c12-6-1-4-11-14-8-5-10(15-11)9-3-2-7-13-9/h2-3,5,7-8,13H,1,4,6,12H2. The van der Waals surface area contributed by atoms with Crippen LogP contribution in [-0.2, 0) is 6.42 Å². The molecule has 0 radical (unpaired) electrons. The van der Waals surface area contributed by atoms with Crippen LogP contribution in [0.1, 0.15) is 12.2 Å². The minimum absolute atomic E-state index is 0.677. The highest BCUT2D eigenvalue weighted by molar-refractivity contribution is 5.53. The van der Waals surface area contributed by atoms with Crippen molar-refractivity contribution in [3.63, 3.8) is 0 Å². The second kappa shape index (κ2) is 4.70. The van der Waals surface area contributed by atoms with Gasteiger partial charge < -0.3 is 10.7 Å². The maximum Gasteiger partial charge on any atom is 0.129 e. The third-order valence-corrected chi connectivity index (χ3v) is 2.18. The summed E-state index contributed by atoms with van der Waals surface area (Å²) in [5.74, 6) is 0.854. The zero-order chi connectivity index (χ0) is 10.5. The van der Waals surface area contributed by atoms with Crippen molar-refractivity contribution >= 4 is 0 Å². The third-order valence-electron chi connectivity index (χ3n) is 2.18. The molecule has 2 aromatic heterocycles. The zero-order valence-corrected chi connectivity index (χ0v) is 8.48. The summed E-state index contributed by atoms with van der Waals surface area (Å²) >= 11 is 0. The van der Waals surface area contributed by atoms with Crippen molar-refractivity contribution in [2.45, 2.75) is 12.8 Å². The smallest absolute Gasteiger partial charge is 0.129 e. The number of aryl methyl sites for hydroxylation is 1. The van der Waals surface area contributed by atoms with E-state index in [0.717, 1.165) is 30.1 Å². The van der Waals surface area contributed by atoms with Crippen molar-refractivity contribution < 1.29 is 0 Å². The molecule has 15 heavy (non-hydrogen) atoms. The van der Waals surface area contributed by atoms with Crippen molar-refractivity contribution in [3.05, 3.63) is 36.4 Å². The first-order valence-electron chi connectivity index (χ1n) is 5.06. The topological polar surface area (TPSA) is 67.6 Å². The van der Waals surface area contributed by atoms with E-state index in [-0.39, 0.29) is 0 Å². The van der Waals surface area contributed by atoms with Gasteiger partial charge in [0.15, 0.2) is 0 Å². The maximum absolute atomic E-state index is 5.45. The van der Waals surface area contributed by atoms with Crippen LogP contribution in [0.15, 0.2) is 30.6 Å². The lowest BCUT2D eigenvalue weighted by Crippen LogP contribution is -2.03. The van der Waals surface area contributed by atoms with Gasteiger partial charge in [0.05, 0.1) is 11.4 Å². The Bertz CT molecular complexity index is 408. The quantitative estimate of drug-likeness (QED) is 0.786. The lowest BCUT2D eigenvalue weighted by molar-refractivity contribution is 0.781. The van der Waals surface area contributed by atoms with Crippen molar-refractivity contribution in [1.29, 1.82) is 0 Å². The predicted octanol–water partition coefficient (Wildman–Crippen LogP) is 1.36. The van der Waals surface area contributed by atoms with Gasteiger partial charge in [-0.1, -0.05) is 0 Å². The highest BCUT2D eigenvalue weighted by Gasteiger charge is 2.01. The SMILES string of the molecule is NCCCc1nccc(-c2ccc[nH]2)n1. The van der Waals surface area contributed by atoms with Gasteiger partial charge in [-0.15, -0.1) is 0 Å². The molecule has 0 aliphatic heterocycles. The van der Waals surface area contributed by atoms with E-state index < -0.39 is 0 Å². The molecular weight excluding hydrogens is 188 g/mol. The minimum Gasteiger partial charge on any atom is -0.360 e. The van der Waals surface area contributed by atoms with Crippen LogP contribution in [0.3, 0.4) is 0 Å². The van der Waals surface area contributed by atoms with Gasteiger partial charge in [-0.25, -0.2) is 9.97 Å². The summed E-state index contributed by atoms with van der Waals surface area (Å²) in [7, 11) is 0. The molecule has 0 aliphatic carbocycles. The Morgan fingerprint density at radius 2 is 2.27 bits per heavy atom. The lowest BCUT2D eigenvalue weighted by Gasteiger charge is -2.01. The highest BCUT2D eigenvalue weighted by atomic mass is 14.9. The molecule has 0 fully saturated rings. The van der Waals surface area contributed by atoms with E-state index in [4.69, 9.17) is 5.73 Å². The van der Waals surface area contributed by atoms with Crippen LogP contribution in [-0.4, -0.2) is 21.5 Å². The Morgan fingerprint density at radius 1 is 1.33 bits per heavy atom. The molecule has 4 heteroatoms. The number of hydrogen-bond acceptors (Lipinski definition) is 3. The monoisotopic (exact) mass is 202 g/mol. The van der Waals surface area contributed by atoms with Crippen molar-refractivity contribution in [1.82, 2.24) is 15.0 Å². The summed E-state index contributed by atoms with van der Waals surface area (Å²) in [5.41, 5.74) is 7.40. The van der Waals surface area contributed by atoms with Gasteiger partial charge in [-0.05, 0) is 31.2 Å². The van der Waals surface area contributed by atoms with Crippen LogP contribution < -0.4 is 5.73 Å². The van der Waals surface area contributed by atoms with Crippen LogP contribution in [0.25, 0.3) is 11.4 Å². The Morgan fingerprint density at radius 3 is 3.00 bits per heavy atom. The second-order valence-corrected chi connectivity index (χ2v) is 3.33. The zero-order valence-electron chi connectivity index (χ0n) is 8.48. The Hall–Kier alpha value is -1.68. The van der Waals surface area contributed by atoms with E-state index in [2.05, 4.69) is 15.0 Å². The number of nitrogens with one attached hydrogen (secondary N) is 1. The van der Waals surface area contributed by atoms with Crippen LogP contribution in [0.2, 0.25) is 0 Å². The number of hydrogen-bond donors (Lipinski definition) is 2. The van der Waals surface area contributed by atoms with Crippen LogP contribution >= 0.6 is 0 Å². The second-order valence-electron chi connectivity index (χ2n) is 3.33. The van der Waals surface area contributed by atoms with Crippen molar-refractivity contribution in [2.24, 2.45) is 5.73 Å². The van der Waals surface area contributed by atoms with Gasteiger partial charge in [0.1, 0.15) is 5.82 Å². The van der Waals surface area contributed by atoms with E-state index in [1.54, 1.807) is 6.20 Å². The van der Waals surface area contributed by atoms with Gasteiger partial charge in [-0.3, -0.25) is 0 Å². The van der Waals surface area contributed by atoms with E-state index in [1.165, 1.54) is 0 Å². The minimum atomic E-state index is 0.677. The van der Waals surface area contributed by atoms with Gasteiger partial charge in [0.2, 0.25) is 0 Å². The lowest BCUT2D eigenvalue weighted by atomic mass is 10.2. The first-order chi connectivity index (χ1) is 7.40. The molecule has 0 amide bonds. The molecule has 78 valence electrons. The van der Waals surface area contributed by atoms with E-state index in [1.807, 2.05) is 24.4 Å². The highest BCUT2D eigenvalue weighted by Crippen LogP contribution is 2.13. The molecular formula is C11H14N4. The first kappa shape index (κ1) is 9.86. The van der Waals surface area contributed by atoms with Gasteiger partial charge >= 0.3 is 0 Å². The predicted molar refractivity (Wildman–Crippen MR) is 59.2 cm³/mol. The molecule has 0 saturated heterocycles. The molecule has 2 rings (SSSR count). The summed E-state index contributed by atoms with van der Waals surface area (Å²) in [6.07, 6.45) is 5.44. The van der Waals surface area contributed by atoms with Gasteiger partial charge in [-0.2, -0.15) is 0 Å². The Balaban J connectivity index is 2.19. The fourth-order valence-electron chi connectivity index (χ4n) is 1.42. The number of aromatic amines is 1. The number of aromatic nitrogens is 3. The van der Waals surface area contributed by atoms with E-state index in [9.17, 15) is 0 Å². The van der Waals surface area contributed by atoms with Crippen molar-refractivity contribution in [2.75, 3.05) is 6.54 Å². The largest absolute Gasteiger partial charge is 0.360 e. The number of nitrogens with zero attached hydrogens (tertiary/aromatic N) is 2. The van der Waals surface area contributed by atoms with Crippen LogP contribution in [0, 0.1) is 0 Å². The maximum atomic E-state index is 5.45. The Kier molecular flexibility index (Phi) is 3.09. The molecule has 0 bridgehead atoms. The molecule has 0 atom stereocenters. The molecule has 0 unspecified atom stereocenters. The number of rotatable bonds is 4. The number of H-pyrrole nitrogens is 1. The molecule has 2 aromatic rings.